The second kappa shape index (κ2) is 5.16. The molecule has 0 bridgehead atoms. The topological polar surface area (TPSA) is 67.6 Å². The Labute approximate surface area is 107 Å². The summed E-state index contributed by atoms with van der Waals surface area (Å²) in [6.45, 7) is 0.713. The lowest BCUT2D eigenvalue weighted by molar-refractivity contribution is -0.132. The maximum atomic E-state index is 11.4. The third-order valence-corrected chi connectivity index (χ3v) is 3.25. The van der Waals surface area contributed by atoms with Crippen molar-refractivity contribution in [2.24, 2.45) is 0 Å². The number of benzene rings is 1. The highest BCUT2D eigenvalue weighted by molar-refractivity contribution is 5.77. The SMILES string of the molecule is COc1ccc(NC2CCC(=O)N(C)C2)c(N)c1. The van der Waals surface area contributed by atoms with Crippen molar-refractivity contribution in [3.8, 4) is 5.75 Å². The monoisotopic (exact) mass is 249 g/mol. The van der Waals surface area contributed by atoms with Crippen LogP contribution in [0.5, 0.6) is 5.75 Å². The Bertz CT molecular complexity index is 448. The number of hydrogen-bond donors (Lipinski definition) is 2. The highest BCUT2D eigenvalue weighted by atomic mass is 16.5. The molecule has 1 aromatic carbocycles. The van der Waals surface area contributed by atoms with E-state index >= 15 is 0 Å². The molecule has 18 heavy (non-hydrogen) atoms. The summed E-state index contributed by atoms with van der Waals surface area (Å²) >= 11 is 0. The second-order valence-corrected chi connectivity index (χ2v) is 4.61. The van der Waals surface area contributed by atoms with E-state index in [1.807, 2.05) is 19.2 Å². The number of nitrogens with one attached hydrogen (secondary N) is 1. The van der Waals surface area contributed by atoms with E-state index in [1.165, 1.54) is 0 Å². The molecule has 1 amide bonds. The molecule has 1 fully saturated rings. The molecule has 3 N–H and O–H groups in total. The Kier molecular flexibility index (Phi) is 3.60. The molecule has 1 atom stereocenters. The third kappa shape index (κ3) is 2.67. The van der Waals surface area contributed by atoms with Crippen LogP contribution in [0.2, 0.25) is 0 Å². The molecule has 98 valence electrons. The molecule has 1 heterocycles. The van der Waals surface area contributed by atoms with Gasteiger partial charge in [-0.3, -0.25) is 4.79 Å². The van der Waals surface area contributed by atoms with Gasteiger partial charge in [0.1, 0.15) is 5.75 Å². The minimum absolute atomic E-state index is 0.204. The fourth-order valence-corrected chi connectivity index (χ4v) is 2.15. The number of anilines is 2. The molecule has 2 rings (SSSR count). The summed E-state index contributed by atoms with van der Waals surface area (Å²) < 4.78 is 5.11. The molecule has 1 aliphatic rings. The van der Waals surface area contributed by atoms with Crippen molar-refractivity contribution in [2.45, 2.75) is 18.9 Å². The number of amides is 1. The molecule has 0 aromatic heterocycles. The van der Waals surface area contributed by atoms with E-state index in [4.69, 9.17) is 10.5 Å². The normalized spacial score (nSPS) is 19.8. The zero-order valence-corrected chi connectivity index (χ0v) is 10.8. The van der Waals surface area contributed by atoms with Gasteiger partial charge in [-0.05, 0) is 18.6 Å². The summed E-state index contributed by atoms with van der Waals surface area (Å²) in [5.41, 5.74) is 7.51. The Morgan fingerprint density at radius 1 is 1.50 bits per heavy atom. The van der Waals surface area contributed by atoms with Gasteiger partial charge in [0.15, 0.2) is 0 Å². The van der Waals surface area contributed by atoms with Gasteiger partial charge in [0.05, 0.1) is 18.5 Å². The van der Waals surface area contributed by atoms with Crippen LogP contribution in [0.15, 0.2) is 18.2 Å². The summed E-state index contributed by atoms with van der Waals surface area (Å²) in [5, 5.41) is 3.38. The number of carbonyl (C=O) groups is 1. The van der Waals surface area contributed by atoms with E-state index in [0.29, 0.717) is 18.7 Å². The first-order chi connectivity index (χ1) is 8.60. The van der Waals surface area contributed by atoms with Gasteiger partial charge in [-0.25, -0.2) is 0 Å². The number of rotatable bonds is 3. The zero-order valence-electron chi connectivity index (χ0n) is 10.8. The van der Waals surface area contributed by atoms with Gasteiger partial charge in [-0.15, -0.1) is 0 Å². The fraction of sp³-hybridized carbons (Fsp3) is 0.462. The van der Waals surface area contributed by atoms with E-state index < -0.39 is 0 Å². The summed E-state index contributed by atoms with van der Waals surface area (Å²) in [7, 11) is 3.44. The standard InChI is InChI=1S/C13H19N3O2/c1-16-8-9(3-6-13(16)17)15-12-5-4-10(18-2)7-11(12)14/h4-5,7,9,15H,3,6,8,14H2,1-2H3. The predicted octanol–water partition coefficient (Wildman–Crippen LogP) is 1.31. The van der Waals surface area contributed by atoms with Crippen LogP contribution in [-0.2, 0) is 4.79 Å². The van der Waals surface area contributed by atoms with E-state index in [1.54, 1.807) is 18.1 Å². The minimum atomic E-state index is 0.204. The Morgan fingerprint density at radius 3 is 2.89 bits per heavy atom. The Balaban J connectivity index is 2.03. The number of methoxy groups -OCH3 is 1. The molecule has 1 unspecified atom stereocenters. The molecular weight excluding hydrogens is 230 g/mol. The van der Waals surface area contributed by atoms with Gasteiger partial charge in [-0.2, -0.15) is 0 Å². The number of likely N-dealkylation sites (tertiary alicyclic amines) is 1. The van der Waals surface area contributed by atoms with Gasteiger partial charge in [0, 0.05) is 32.1 Å². The summed E-state index contributed by atoms with van der Waals surface area (Å²) in [5.74, 6) is 0.949. The molecule has 0 radical (unpaired) electrons. The lowest BCUT2D eigenvalue weighted by atomic mass is 10.1. The molecule has 5 nitrogen and oxygen atoms in total. The number of hydrogen-bond acceptors (Lipinski definition) is 4. The average Bonchev–Trinajstić information content (AvgIpc) is 2.36. The van der Waals surface area contributed by atoms with Gasteiger partial charge >= 0.3 is 0 Å². The van der Waals surface area contributed by atoms with Crippen molar-refractivity contribution < 1.29 is 9.53 Å². The molecular formula is C13H19N3O2. The number of nitrogens with two attached hydrogens (primary N) is 1. The van der Waals surface area contributed by atoms with Crippen LogP contribution in [0.1, 0.15) is 12.8 Å². The summed E-state index contributed by atoms with van der Waals surface area (Å²) in [6, 6.07) is 5.82. The highest BCUT2D eigenvalue weighted by Gasteiger charge is 2.22. The smallest absolute Gasteiger partial charge is 0.222 e. The van der Waals surface area contributed by atoms with E-state index in [-0.39, 0.29) is 11.9 Å². The van der Waals surface area contributed by atoms with Crippen LogP contribution < -0.4 is 15.8 Å². The number of nitrogen functional groups attached to an aromatic ring is 1. The minimum Gasteiger partial charge on any atom is -0.497 e. The van der Waals surface area contributed by atoms with E-state index in [9.17, 15) is 4.79 Å². The van der Waals surface area contributed by atoms with Crippen molar-refractivity contribution in [1.29, 1.82) is 0 Å². The predicted molar refractivity (Wildman–Crippen MR) is 71.7 cm³/mol. The number of nitrogens with zero attached hydrogens (tertiary/aromatic N) is 1. The van der Waals surface area contributed by atoms with Gasteiger partial charge in [0.2, 0.25) is 5.91 Å². The van der Waals surface area contributed by atoms with Crippen molar-refractivity contribution in [2.75, 3.05) is 31.8 Å². The first kappa shape index (κ1) is 12.5. The largest absolute Gasteiger partial charge is 0.497 e. The molecule has 1 aliphatic heterocycles. The fourth-order valence-electron chi connectivity index (χ4n) is 2.15. The van der Waals surface area contributed by atoms with Gasteiger partial charge in [-0.1, -0.05) is 0 Å². The van der Waals surface area contributed by atoms with Crippen LogP contribution in [-0.4, -0.2) is 37.6 Å². The Hall–Kier alpha value is -1.91. The van der Waals surface area contributed by atoms with Crippen LogP contribution >= 0.6 is 0 Å². The molecule has 5 heteroatoms. The molecule has 1 aromatic rings. The number of likely N-dealkylation sites (N-methyl/N-ethyl adjacent to an activating group) is 1. The number of piperidine rings is 1. The van der Waals surface area contributed by atoms with Gasteiger partial charge in [0.25, 0.3) is 0 Å². The van der Waals surface area contributed by atoms with Crippen molar-refractivity contribution in [3.63, 3.8) is 0 Å². The van der Waals surface area contributed by atoms with Crippen molar-refractivity contribution in [1.82, 2.24) is 4.90 Å². The average molecular weight is 249 g/mol. The first-order valence-electron chi connectivity index (χ1n) is 6.04. The second-order valence-electron chi connectivity index (χ2n) is 4.61. The van der Waals surface area contributed by atoms with Crippen molar-refractivity contribution >= 4 is 17.3 Å². The van der Waals surface area contributed by atoms with Gasteiger partial charge < -0.3 is 20.7 Å². The number of ether oxygens (including phenoxy) is 1. The summed E-state index contributed by atoms with van der Waals surface area (Å²) in [6.07, 6.45) is 1.43. The quantitative estimate of drug-likeness (QED) is 0.793. The Morgan fingerprint density at radius 2 is 2.28 bits per heavy atom. The van der Waals surface area contributed by atoms with Crippen LogP contribution in [0.4, 0.5) is 11.4 Å². The lowest BCUT2D eigenvalue weighted by Crippen LogP contribution is -2.43. The van der Waals surface area contributed by atoms with Crippen LogP contribution in [0, 0.1) is 0 Å². The summed E-state index contributed by atoms with van der Waals surface area (Å²) in [4.78, 5) is 13.2. The first-order valence-corrected chi connectivity index (χ1v) is 6.04. The van der Waals surface area contributed by atoms with E-state index in [0.717, 1.165) is 17.9 Å². The van der Waals surface area contributed by atoms with Crippen molar-refractivity contribution in [3.05, 3.63) is 18.2 Å². The van der Waals surface area contributed by atoms with Crippen LogP contribution in [0.25, 0.3) is 0 Å². The molecule has 0 saturated carbocycles. The number of carbonyl (C=O) groups excluding carboxylic acids is 1. The van der Waals surface area contributed by atoms with Crippen LogP contribution in [0.3, 0.4) is 0 Å². The lowest BCUT2D eigenvalue weighted by Gasteiger charge is -2.31. The molecule has 1 saturated heterocycles. The molecule has 0 aliphatic carbocycles. The van der Waals surface area contributed by atoms with E-state index in [2.05, 4.69) is 5.32 Å². The zero-order chi connectivity index (χ0) is 13.1. The molecule has 0 spiro atoms. The maximum Gasteiger partial charge on any atom is 0.222 e. The highest BCUT2D eigenvalue weighted by Crippen LogP contribution is 2.26. The third-order valence-electron chi connectivity index (χ3n) is 3.25. The maximum absolute atomic E-state index is 11.4.